The van der Waals surface area contributed by atoms with E-state index >= 15 is 0 Å². The van der Waals surface area contributed by atoms with Crippen LogP contribution in [0.4, 0.5) is 0 Å². The topological polar surface area (TPSA) is 87.4 Å². The maximum Gasteiger partial charge on any atom is 0.339 e. The SMILES string of the molecule is Cn1ncc(C(=O)O)c1CNCCCCCCO. The molecule has 0 bridgehead atoms. The number of rotatable bonds is 9. The molecule has 0 unspecified atom stereocenters. The molecule has 1 rings (SSSR count). The molecule has 0 spiro atoms. The number of hydrogen-bond acceptors (Lipinski definition) is 4. The number of aryl methyl sites for hydroxylation is 1. The minimum atomic E-state index is -0.942. The predicted octanol–water partition coefficient (Wildman–Crippen LogP) is 0.761. The monoisotopic (exact) mass is 255 g/mol. The van der Waals surface area contributed by atoms with E-state index in [1.165, 1.54) is 6.20 Å². The predicted molar refractivity (Wildman–Crippen MR) is 67.4 cm³/mol. The third-order valence-corrected chi connectivity index (χ3v) is 2.85. The van der Waals surface area contributed by atoms with Crippen LogP contribution >= 0.6 is 0 Å². The average Bonchev–Trinajstić information content (AvgIpc) is 2.70. The van der Waals surface area contributed by atoms with Gasteiger partial charge in [-0.15, -0.1) is 0 Å². The smallest absolute Gasteiger partial charge is 0.339 e. The van der Waals surface area contributed by atoms with Crippen LogP contribution in [0.1, 0.15) is 41.7 Å². The lowest BCUT2D eigenvalue weighted by Gasteiger charge is -2.06. The first kappa shape index (κ1) is 14.7. The van der Waals surface area contributed by atoms with Crippen molar-refractivity contribution in [3.63, 3.8) is 0 Å². The molecular formula is C12H21N3O3. The van der Waals surface area contributed by atoms with Gasteiger partial charge in [-0.25, -0.2) is 4.79 Å². The molecule has 3 N–H and O–H groups in total. The van der Waals surface area contributed by atoms with Crippen molar-refractivity contribution in [3.8, 4) is 0 Å². The van der Waals surface area contributed by atoms with E-state index in [2.05, 4.69) is 10.4 Å². The Hall–Kier alpha value is -1.40. The maximum absolute atomic E-state index is 10.9. The molecule has 1 heterocycles. The van der Waals surface area contributed by atoms with Gasteiger partial charge in [0, 0.05) is 20.2 Å². The van der Waals surface area contributed by atoms with E-state index in [4.69, 9.17) is 10.2 Å². The Morgan fingerprint density at radius 3 is 2.78 bits per heavy atom. The molecule has 1 aromatic heterocycles. The average molecular weight is 255 g/mol. The quantitative estimate of drug-likeness (QED) is 0.567. The summed E-state index contributed by atoms with van der Waals surface area (Å²) in [5, 5.41) is 24.8. The van der Waals surface area contributed by atoms with Crippen molar-refractivity contribution in [2.75, 3.05) is 13.2 Å². The zero-order chi connectivity index (χ0) is 13.4. The highest BCUT2D eigenvalue weighted by atomic mass is 16.4. The van der Waals surface area contributed by atoms with Crippen molar-refractivity contribution in [3.05, 3.63) is 17.5 Å². The molecule has 0 aliphatic rings. The Labute approximate surface area is 107 Å². The van der Waals surface area contributed by atoms with Gasteiger partial charge in [-0.3, -0.25) is 4.68 Å². The molecule has 6 nitrogen and oxygen atoms in total. The number of nitrogens with zero attached hydrogens (tertiary/aromatic N) is 2. The molecule has 0 aliphatic heterocycles. The second kappa shape index (κ2) is 7.84. The van der Waals surface area contributed by atoms with Gasteiger partial charge < -0.3 is 15.5 Å². The summed E-state index contributed by atoms with van der Waals surface area (Å²) in [6, 6.07) is 0. The highest BCUT2D eigenvalue weighted by molar-refractivity contribution is 5.88. The lowest BCUT2D eigenvalue weighted by Crippen LogP contribution is -2.19. The molecule has 0 saturated heterocycles. The Morgan fingerprint density at radius 2 is 2.11 bits per heavy atom. The summed E-state index contributed by atoms with van der Waals surface area (Å²) < 4.78 is 1.59. The van der Waals surface area contributed by atoms with Crippen molar-refractivity contribution in [1.82, 2.24) is 15.1 Å². The summed E-state index contributed by atoms with van der Waals surface area (Å²) in [6.45, 7) is 1.61. The van der Waals surface area contributed by atoms with Crippen molar-refractivity contribution in [2.24, 2.45) is 7.05 Å². The van der Waals surface area contributed by atoms with Crippen LogP contribution in [0.15, 0.2) is 6.20 Å². The van der Waals surface area contributed by atoms with Gasteiger partial charge in [0.1, 0.15) is 5.56 Å². The lowest BCUT2D eigenvalue weighted by atomic mass is 10.2. The van der Waals surface area contributed by atoms with Gasteiger partial charge in [-0.1, -0.05) is 12.8 Å². The molecule has 0 atom stereocenters. The van der Waals surface area contributed by atoms with Gasteiger partial charge in [0.25, 0.3) is 0 Å². The number of aliphatic hydroxyl groups is 1. The van der Waals surface area contributed by atoms with Crippen LogP contribution in [0, 0.1) is 0 Å². The molecule has 102 valence electrons. The first-order chi connectivity index (χ1) is 8.66. The van der Waals surface area contributed by atoms with E-state index in [0.717, 1.165) is 32.2 Å². The van der Waals surface area contributed by atoms with E-state index < -0.39 is 5.97 Å². The van der Waals surface area contributed by atoms with E-state index in [-0.39, 0.29) is 12.2 Å². The number of aromatic nitrogens is 2. The minimum Gasteiger partial charge on any atom is -0.478 e. The van der Waals surface area contributed by atoms with Crippen molar-refractivity contribution >= 4 is 5.97 Å². The molecule has 0 aromatic carbocycles. The summed E-state index contributed by atoms with van der Waals surface area (Å²) in [7, 11) is 1.74. The fraction of sp³-hybridized carbons (Fsp3) is 0.667. The van der Waals surface area contributed by atoms with Crippen LogP contribution in [0.25, 0.3) is 0 Å². The van der Waals surface area contributed by atoms with Gasteiger partial charge in [-0.05, 0) is 19.4 Å². The van der Waals surface area contributed by atoms with Gasteiger partial charge in [-0.2, -0.15) is 5.10 Å². The minimum absolute atomic E-state index is 0.254. The molecule has 0 amide bonds. The summed E-state index contributed by atoms with van der Waals surface area (Å²) >= 11 is 0. The van der Waals surface area contributed by atoms with Crippen LogP contribution in [0.3, 0.4) is 0 Å². The van der Waals surface area contributed by atoms with Crippen LogP contribution < -0.4 is 5.32 Å². The Kier molecular flexibility index (Phi) is 6.38. The molecule has 6 heteroatoms. The second-order valence-electron chi connectivity index (χ2n) is 4.25. The molecule has 0 aliphatic carbocycles. The molecule has 18 heavy (non-hydrogen) atoms. The number of carboxylic acid groups (broad SMARTS) is 1. The van der Waals surface area contributed by atoms with Gasteiger partial charge >= 0.3 is 5.97 Å². The molecule has 0 fully saturated rings. The second-order valence-corrected chi connectivity index (χ2v) is 4.25. The standard InChI is InChI=1S/C12H21N3O3/c1-15-11(10(8-14-15)12(17)18)9-13-6-4-2-3-5-7-16/h8,13,16H,2-7,9H2,1H3,(H,17,18). The zero-order valence-electron chi connectivity index (χ0n) is 10.7. The first-order valence-electron chi connectivity index (χ1n) is 6.22. The normalized spacial score (nSPS) is 10.8. The highest BCUT2D eigenvalue weighted by Gasteiger charge is 2.13. The van der Waals surface area contributed by atoms with Crippen molar-refractivity contribution < 1.29 is 15.0 Å². The largest absolute Gasteiger partial charge is 0.478 e. The fourth-order valence-electron chi connectivity index (χ4n) is 1.77. The third kappa shape index (κ3) is 4.46. The Bertz CT molecular complexity index is 377. The van der Waals surface area contributed by atoms with Crippen LogP contribution in [-0.4, -0.2) is 39.1 Å². The summed E-state index contributed by atoms with van der Waals surface area (Å²) in [5.74, 6) is -0.942. The van der Waals surface area contributed by atoms with Crippen LogP contribution in [0.5, 0.6) is 0 Å². The number of unbranched alkanes of at least 4 members (excludes halogenated alkanes) is 3. The lowest BCUT2D eigenvalue weighted by molar-refractivity contribution is 0.0695. The van der Waals surface area contributed by atoms with E-state index in [0.29, 0.717) is 12.2 Å². The molecular weight excluding hydrogens is 234 g/mol. The van der Waals surface area contributed by atoms with Gasteiger partial charge in [0.05, 0.1) is 11.9 Å². The Morgan fingerprint density at radius 1 is 1.39 bits per heavy atom. The number of aromatic carboxylic acids is 1. The number of hydrogen-bond donors (Lipinski definition) is 3. The fourth-order valence-corrected chi connectivity index (χ4v) is 1.77. The zero-order valence-corrected chi connectivity index (χ0v) is 10.7. The molecule has 1 aromatic rings. The van der Waals surface area contributed by atoms with Crippen LogP contribution in [0.2, 0.25) is 0 Å². The Balaban J connectivity index is 2.27. The van der Waals surface area contributed by atoms with Crippen molar-refractivity contribution in [2.45, 2.75) is 32.2 Å². The number of carboxylic acids is 1. The highest BCUT2D eigenvalue weighted by Crippen LogP contribution is 2.07. The summed E-state index contributed by atoms with van der Waals surface area (Å²) in [5.41, 5.74) is 0.947. The molecule has 0 radical (unpaired) electrons. The summed E-state index contributed by atoms with van der Waals surface area (Å²) in [4.78, 5) is 10.9. The number of nitrogens with one attached hydrogen (secondary N) is 1. The first-order valence-corrected chi connectivity index (χ1v) is 6.22. The van der Waals surface area contributed by atoms with Gasteiger partial charge in [0.2, 0.25) is 0 Å². The number of aliphatic hydroxyl groups excluding tert-OH is 1. The van der Waals surface area contributed by atoms with E-state index in [1.54, 1.807) is 11.7 Å². The van der Waals surface area contributed by atoms with Crippen molar-refractivity contribution in [1.29, 1.82) is 0 Å². The molecule has 0 saturated carbocycles. The van der Waals surface area contributed by atoms with E-state index in [9.17, 15) is 4.79 Å². The maximum atomic E-state index is 10.9. The van der Waals surface area contributed by atoms with E-state index in [1.807, 2.05) is 0 Å². The third-order valence-electron chi connectivity index (χ3n) is 2.85. The van der Waals surface area contributed by atoms with Crippen LogP contribution in [-0.2, 0) is 13.6 Å². The number of carbonyl (C=O) groups is 1. The van der Waals surface area contributed by atoms with Gasteiger partial charge in [0.15, 0.2) is 0 Å². The summed E-state index contributed by atoms with van der Waals surface area (Å²) in [6.07, 6.45) is 5.36.